The minimum absolute atomic E-state index is 0.0938. The third-order valence-corrected chi connectivity index (χ3v) is 5.99. The number of carboxylic acid groups (broad SMARTS) is 2. The Morgan fingerprint density at radius 3 is 1.46 bits per heavy atom. The first-order valence-corrected chi connectivity index (χ1v) is 10.5. The SMILES string of the molecule is CCOP(=O)(CN1CCN(CC(=O)O)CCN(CC(=O)O)CC1)OCC. The number of carboxylic acids is 2. The summed E-state index contributed by atoms with van der Waals surface area (Å²) in [5, 5.41) is 18.1. The van der Waals surface area contributed by atoms with Crippen LogP contribution >= 0.6 is 7.60 Å². The molecule has 10 nitrogen and oxygen atoms in total. The van der Waals surface area contributed by atoms with E-state index in [1.165, 1.54) is 0 Å². The van der Waals surface area contributed by atoms with Crippen LogP contribution < -0.4 is 0 Å². The second kappa shape index (κ2) is 11.6. The maximum atomic E-state index is 12.8. The van der Waals surface area contributed by atoms with E-state index in [-0.39, 0.29) is 32.6 Å². The first kappa shape index (κ1) is 23.0. The molecular weight excluding hydrogens is 365 g/mol. The molecule has 0 aromatic rings. The standard InChI is InChI=1S/C15H30N3O7P/c1-3-24-26(23,25-4-2)13-18-9-7-16(11-14(19)20)5-6-17(8-10-18)12-15(21)22/h3-13H2,1-2H3,(H,19,20)(H,21,22). The summed E-state index contributed by atoms with van der Waals surface area (Å²) >= 11 is 0. The van der Waals surface area contributed by atoms with E-state index in [4.69, 9.17) is 19.3 Å². The molecule has 0 amide bonds. The van der Waals surface area contributed by atoms with Gasteiger partial charge >= 0.3 is 19.5 Å². The summed E-state index contributed by atoms with van der Waals surface area (Å²) in [6, 6.07) is 0. The van der Waals surface area contributed by atoms with E-state index in [1.54, 1.807) is 23.6 Å². The van der Waals surface area contributed by atoms with E-state index in [2.05, 4.69) is 0 Å². The maximum absolute atomic E-state index is 12.8. The van der Waals surface area contributed by atoms with Gasteiger partial charge in [0.05, 0.1) is 26.3 Å². The molecule has 2 N–H and O–H groups in total. The molecule has 0 aromatic carbocycles. The highest BCUT2D eigenvalue weighted by Crippen LogP contribution is 2.48. The molecule has 0 unspecified atom stereocenters. The Kier molecular flexibility index (Phi) is 10.3. The van der Waals surface area contributed by atoms with Crippen LogP contribution in [0.3, 0.4) is 0 Å². The molecule has 0 bridgehead atoms. The van der Waals surface area contributed by atoms with Gasteiger partial charge in [0.1, 0.15) is 6.29 Å². The molecule has 152 valence electrons. The summed E-state index contributed by atoms with van der Waals surface area (Å²) < 4.78 is 23.5. The van der Waals surface area contributed by atoms with E-state index in [9.17, 15) is 14.2 Å². The van der Waals surface area contributed by atoms with Crippen molar-refractivity contribution in [1.82, 2.24) is 14.7 Å². The molecule has 1 fully saturated rings. The van der Waals surface area contributed by atoms with Gasteiger partial charge in [-0.2, -0.15) is 0 Å². The molecule has 1 aliphatic rings. The molecule has 1 aliphatic heterocycles. The van der Waals surface area contributed by atoms with Gasteiger partial charge in [-0.3, -0.25) is 28.9 Å². The zero-order valence-corrected chi connectivity index (χ0v) is 16.4. The number of rotatable bonds is 10. The van der Waals surface area contributed by atoms with Gasteiger partial charge in [-0.1, -0.05) is 0 Å². The van der Waals surface area contributed by atoms with Crippen LogP contribution in [0.5, 0.6) is 0 Å². The number of carbonyl (C=O) groups is 2. The number of hydrogen-bond donors (Lipinski definition) is 2. The summed E-state index contributed by atoms with van der Waals surface area (Å²) in [5.74, 6) is -1.87. The molecule has 0 aromatic heterocycles. The first-order valence-electron chi connectivity index (χ1n) is 8.76. The van der Waals surface area contributed by atoms with Crippen molar-refractivity contribution >= 4 is 19.5 Å². The Labute approximate surface area is 154 Å². The molecule has 1 saturated heterocycles. The average Bonchev–Trinajstić information content (AvgIpc) is 2.60. The average molecular weight is 395 g/mol. The van der Waals surface area contributed by atoms with Crippen LogP contribution in [-0.4, -0.2) is 109 Å². The Bertz CT molecular complexity index is 468. The van der Waals surface area contributed by atoms with E-state index >= 15 is 0 Å². The van der Waals surface area contributed by atoms with Crippen molar-refractivity contribution in [3.05, 3.63) is 0 Å². The Balaban J connectivity index is 2.84. The second-order valence-electron chi connectivity index (χ2n) is 6.05. The van der Waals surface area contributed by atoms with Gasteiger partial charge in [0.15, 0.2) is 0 Å². The maximum Gasteiger partial charge on any atom is 0.344 e. The van der Waals surface area contributed by atoms with Gasteiger partial charge in [-0.15, -0.1) is 0 Å². The molecule has 0 radical (unpaired) electrons. The normalized spacial score (nSPS) is 18.8. The molecule has 0 saturated carbocycles. The van der Waals surface area contributed by atoms with Gasteiger partial charge < -0.3 is 19.3 Å². The van der Waals surface area contributed by atoms with Gasteiger partial charge in [-0.05, 0) is 13.8 Å². The fourth-order valence-corrected chi connectivity index (χ4v) is 4.58. The number of nitrogens with zero attached hydrogens (tertiary/aromatic N) is 3. The zero-order valence-electron chi connectivity index (χ0n) is 15.5. The molecule has 0 atom stereocenters. The van der Waals surface area contributed by atoms with Crippen molar-refractivity contribution in [2.24, 2.45) is 0 Å². The zero-order chi connectivity index (χ0) is 19.6. The van der Waals surface area contributed by atoms with E-state index in [0.717, 1.165) is 0 Å². The van der Waals surface area contributed by atoms with Gasteiger partial charge in [0.2, 0.25) is 0 Å². The smallest absolute Gasteiger partial charge is 0.344 e. The monoisotopic (exact) mass is 395 g/mol. The molecule has 0 spiro atoms. The fourth-order valence-electron chi connectivity index (χ4n) is 2.78. The van der Waals surface area contributed by atoms with Crippen molar-refractivity contribution in [2.75, 3.05) is 71.9 Å². The highest BCUT2D eigenvalue weighted by atomic mass is 31.2. The molecule has 26 heavy (non-hydrogen) atoms. The highest BCUT2D eigenvalue weighted by molar-refractivity contribution is 7.53. The largest absolute Gasteiger partial charge is 0.480 e. The van der Waals surface area contributed by atoms with Crippen molar-refractivity contribution in [1.29, 1.82) is 0 Å². The summed E-state index contributed by atoms with van der Waals surface area (Å²) in [6.45, 7) is 6.65. The van der Waals surface area contributed by atoms with Crippen LogP contribution in [-0.2, 0) is 23.2 Å². The minimum Gasteiger partial charge on any atom is -0.480 e. The van der Waals surface area contributed by atoms with E-state index < -0.39 is 19.5 Å². The van der Waals surface area contributed by atoms with Crippen molar-refractivity contribution in [2.45, 2.75) is 13.8 Å². The summed E-state index contributed by atoms with van der Waals surface area (Å²) in [5.41, 5.74) is 0. The van der Waals surface area contributed by atoms with Crippen LogP contribution in [0.15, 0.2) is 0 Å². The third kappa shape index (κ3) is 9.07. The number of hydrogen-bond acceptors (Lipinski definition) is 8. The summed E-state index contributed by atoms with van der Waals surface area (Å²) in [6.07, 6.45) is 0.0938. The van der Waals surface area contributed by atoms with E-state index in [1.807, 2.05) is 4.90 Å². The number of aliphatic carboxylic acids is 2. The topological polar surface area (TPSA) is 120 Å². The van der Waals surface area contributed by atoms with E-state index in [0.29, 0.717) is 39.3 Å². The van der Waals surface area contributed by atoms with Crippen LogP contribution in [0, 0.1) is 0 Å². The lowest BCUT2D eigenvalue weighted by Gasteiger charge is -2.28. The lowest BCUT2D eigenvalue weighted by molar-refractivity contribution is -0.140. The van der Waals surface area contributed by atoms with Crippen LogP contribution in [0.1, 0.15) is 13.8 Å². The van der Waals surface area contributed by atoms with Crippen LogP contribution in [0.25, 0.3) is 0 Å². The predicted molar refractivity (Wildman–Crippen MR) is 95.5 cm³/mol. The predicted octanol–water partition coefficient (Wildman–Crippen LogP) is 0.299. The summed E-state index contributed by atoms with van der Waals surface area (Å²) in [4.78, 5) is 27.5. The van der Waals surface area contributed by atoms with Gasteiger partial charge in [0.25, 0.3) is 0 Å². The Morgan fingerprint density at radius 2 is 1.15 bits per heavy atom. The van der Waals surface area contributed by atoms with Crippen LogP contribution in [0.4, 0.5) is 0 Å². The molecule has 11 heteroatoms. The van der Waals surface area contributed by atoms with Crippen molar-refractivity contribution in [3.63, 3.8) is 0 Å². The molecule has 1 rings (SSSR count). The van der Waals surface area contributed by atoms with Gasteiger partial charge in [-0.25, -0.2) is 0 Å². The first-order chi connectivity index (χ1) is 12.3. The Morgan fingerprint density at radius 1 is 0.808 bits per heavy atom. The van der Waals surface area contributed by atoms with Crippen LogP contribution in [0.2, 0.25) is 0 Å². The lowest BCUT2D eigenvalue weighted by atomic mass is 10.4. The molecule has 0 aliphatic carbocycles. The minimum atomic E-state index is -3.27. The highest BCUT2D eigenvalue weighted by Gasteiger charge is 2.28. The lowest BCUT2D eigenvalue weighted by Crippen LogP contribution is -2.40. The van der Waals surface area contributed by atoms with Crippen molar-refractivity contribution < 1.29 is 33.4 Å². The summed E-state index contributed by atoms with van der Waals surface area (Å²) in [7, 11) is -3.27. The molecular formula is C15H30N3O7P. The quantitative estimate of drug-likeness (QED) is 0.500. The molecule has 1 heterocycles. The van der Waals surface area contributed by atoms with Gasteiger partial charge in [0, 0.05) is 39.3 Å². The Hall–Kier alpha value is -1.03. The second-order valence-corrected chi connectivity index (χ2v) is 8.07. The van der Waals surface area contributed by atoms with Crippen molar-refractivity contribution in [3.8, 4) is 0 Å². The fraction of sp³-hybridized carbons (Fsp3) is 0.867. The third-order valence-electron chi connectivity index (χ3n) is 3.94.